The number of aromatic nitrogens is 1. The number of pyridine rings is 1. The van der Waals surface area contributed by atoms with Gasteiger partial charge in [0, 0.05) is 23.6 Å². The van der Waals surface area contributed by atoms with Crippen LogP contribution in [0.1, 0.15) is 22.7 Å². The van der Waals surface area contributed by atoms with Gasteiger partial charge in [0.25, 0.3) is 0 Å². The molecular weight excluding hydrogens is 238 g/mol. The number of aryl methyl sites for hydroxylation is 1. The molecule has 1 aromatic heterocycles. The monoisotopic (exact) mass is 257 g/mol. The molecule has 3 N–H and O–H groups in total. The highest BCUT2D eigenvalue weighted by molar-refractivity contribution is 5.50. The second kappa shape index (κ2) is 5.71. The SMILES string of the molecule is CNC(c1ccc(OC)c(C)c1)c1cnccc1N. The van der Waals surface area contributed by atoms with Gasteiger partial charge in [-0.05, 0) is 37.2 Å². The summed E-state index contributed by atoms with van der Waals surface area (Å²) in [6.07, 6.45) is 3.50. The number of rotatable bonds is 4. The van der Waals surface area contributed by atoms with Crippen LogP contribution in [0.5, 0.6) is 5.75 Å². The van der Waals surface area contributed by atoms with Crippen LogP contribution in [-0.4, -0.2) is 19.1 Å². The number of nitrogens with zero attached hydrogens (tertiary/aromatic N) is 1. The molecule has 0 spiro atoms. The van der Waals surface area contributed by atoms with Gasteiger partial charge in [-0.15, -0.1) is 0 Å². The molecular formula is C15H19N3O. The number of hydrogen-bond acceptors (Lipinski definition) is 4. The van der Waals surface area contributed by atoms with E-state index in [0.717, 1.165) is 28.1 Å². The smallest absolute Gasteiger partial charge is 0.121 e. The molecule has 0 aliphatic rings. The van der Waals surface area contributed by atoms with Gasteiger partial charge in [0.15, 0.2) is 0 Å². The van der Waals surface area contributed by atoms with E-state index in [1.165, 1.54) is 0 Å². The van der Waals surface area contributed by atoms with E-state index >= 15 is 0 Å². The maximum absolute atomic E-state index is 6.02. The minimum Gasteiger partial charge on any atom is -0.496 e. The highest BCUT2D eigenvalue weighted by atomic mass is 16.5. The second-order valence-corrected chi connectivity index (χ2v) is 4.46. The molecule has 0 bridgehead atoms. The Kier molecular flexibility index (Phi) is 4.02. The Morgan fingerprint density at radius 2 is 2.11 bits per heavy atom. The van der Waals surface area contributed by atoms with Gasteiger partial charge >= 0.3 is 0 Å². The summed E-state index contributed by atoms with van der Waals surface area (Å²) in [7, 11) is 3.59. The van der Waals surface area contributed by atoms with Crippen molar-refractivity contribution >= 4 is 5.69 Å². The number of benzene rings is 1. The molecule has 0 saturated heterocycles. The molecule has 0 radical (unpaired) electrons. The zero-order valence-electron chi connectivity index (χ0n) is 11.5. The van der Waals surface area contributed by atoms with Crippen LogP contribution in [0.2, 0.25) is 0 Å². The van der Waals surface area contributed by atoms with E-state index in [1.54, 1.807) is 19.5 Å². The van der Waals surface area contributed by atoms with Crippen LogP contribution in [0, 0.1) is 6.92 Å². The van der Waals surface area contributed by atoms with Crippen LogP contribution in [-0.2, 0) is 0 Å². The second-order valence-electron chi connectivity index (χ2n) is 4.46. The third-order valence-corrected chi connectivity index (χ3v) is 3.24. The van der Waals surface area contributed by atoms with Crippen LogP contribution < -0.4 is 15.8 Å². The lowest BCUT2D eigenvalue weighted by Gasteiger charge is -2.19. The molecule has 4 nitrogen and oxygen atoms in total. The minimum atomic E-state index is 0.0262. The Morgan fingerprint density at radius 3 is 2.68 bits per heavy atom. The molecule has 1 aromatic carbocycles. The lowest BCUT2D eigenvalue weighted by atomic mass is 9.97. The Balaban J connectivity index is 2.43. The number of anilines is 1. The summed E-state index contributed by atoms with van der Waals surface area (Å²) in [6, 6.07) is 7.96. The molecule has 0 amide bonds. The number of ether oxygens (including phenoxy) is 1. The first-order chi connectivity index (χ1) is 9.17. The summed E-state index contributed by atoms with van der Waals surface area (Å²) in [4.78, 5) is 4.15. The van der Waals surface area contributed by atoms with Crippen molar-refractivity contribution in [2.75, 3.05) is 19.9 Å². The zero-order valence-corrected chi connectivity index (χ0v) is 11.5. The summed E-state index contributed by atoms with van der Waals surface area (Å²) in [5.74, 6) is 0.887. The first kappa shape index (κ1) is 13.4. The van der Waals surface area contributed by atoms with E-state index in [4.69, 9.17) is 10.5 Å². The lowest BCUT2D eigenvalue weighted by Crippen LogP contribution is -2.19. The maximum atomic E-state index is 6.02. The topological polar surface area (TPSA) is 60.2 Å². The molecule has 0 aliphatic heterocycles. The molecule has 19 heavy (non-hydrogen) atoms. The highest BCUT2D eigenvalue weighted by Crippen LogP contribution is 2.28. The van der Waals surface area contributed by atoms with E-state index in [9.17, 15) is 0 Å². The van der Waals surface area contributed by atoms with Gasteiger partial charge < -0.3 is 15.8 Å². The number of nitrogen functional groups attached to an aromatic ring is 1. The normalized spacial score (nSPS) is 12.2. The third kappa shape index (κ3) is 2.69. The minimum absolute atomic E-state index is 0.0262. The molecule has 2 aromatic rings. The largest absolute Gasteiger partial charge is 0.496 e. The van der Waals surface area contributed by atoms with Crippen LogP contribution in [0.15, 0.2) is 36.7 Å². The molecule has 1 unspecified atom stereocenters. The zero-order chi connectivity index (χ0) is 13.8. The van der Waals surface area contributed by atoms with Crippen molar-refractivity contribution in [3.05, 3.63) is 53.3 Å². The average Bonchev–Trinajstić information content (AvgIpc) is 2.42. The summed E-state index contributed by atoms with van der Waals surface area (Å²) >= 11 is 0. The Labute approximate surface area is 113 Å². The molecule has 1 atom stereocenters. The van der Waals surface area contributed by atoms with Crippen LogP contribution in [0.3, 0.4) is 0 Å². The quantitative estimate of drug-likeness (QED) is 0.882. The number of nitrogens with two attached hydrogens (primary N) is 1. The van der Waals surface area contributed by atoms with E-state index in [2.05, 4.69) is 16.4 Å². The van der Waals surface area contributed by atoms with E-state index in [-0.39, 0.29) is 6.04 Å². The molecule has 4 heteroatoms. The Hall–Kier alpha value is -2.07. The summed E-state index contributed by atoms with van der Waals surface area (Å²) < 4.78 is 5.29. The van der Waals surface area contributed by atoms with Gasteiger partial charge in [-0.25, -0.2) is 0 Å². The Morgan fingerprint density at radius 1 is 1.32 bits per heavy atom. The molecule has 1 heterocycles. The van der Waals surface area contributed by atoms with Crippen molar-refractivity contribution in [1.29, 1.82) is 0 Å². The molecule has 0 fully saturated rings. The van der Waals surface area contributed by atoms with Crippen molar-refractivity contribution < 1.29 is 4.74 Å². The number of methoxy groups -OCH3 is 1. The fourth-order valence-corrected chi connectivity index (χ4v) is 2.24. The van der Waals surface area contributed by atoms with Crippen molar-refractivity contribution in [3.8, 4) is 5.75 Å². The number of hydrogen-bond donors (Lipinski definition) is 2. The summed E-state index contributed by atoms with van der Waals surface area (Å²) in [5, 5.41) is 3.28. The van der Waals surface area contributed by atoms with Crippen molar-refractivity contribution in [3.63, 3.8) is 0 Å². The van der Waals surface area contributed by atoms with Crippen LogP contribution in [0.4, 0.5) is 5.69 Å². The summed E-state index contributed by atoms with van der Waals surface area (Å²) in [5.41, 5.74) is 9.98. The van der Waals surface area contributed by atoms with Gasteiger partial charge in [0.2, 0.25) is 0 Å². The van der Waals surface area contributed by atoms with E-state index in [0.29, 0.717) is 0 Å². The van der Waals surface area contributed by atoms with Gasteiger partial charge in [-0.2, -0.15) is 0 Å². The van der Waals surface area contributed by atoms with Gasteiger partial charge in [0.1, 0.15) is 5.75 Å². The van der Waals surface area contributed by atoms with Crippen molar-refractivity contribution in [1.82, 2.24) is 10.3 Å². The van der Waals surface area contributed by atoms with Crippen LogP contribution >= 0.6 is 0 Å². The lowest BCUT2D eigenvalue weighted by molar-refractivity contribution is 0.411. The molecule has 0 aliphatic carbocycles. The average molecular weight is 257 g/mol. The van der Waals surface area contributed by atoms with E-state index in [1.807, 2.05) is 32.2 Å². The standard InChI is InChI=1S/C15H19N3O/c1-10-8-11(4-5-14(10)19-3)15(17-2)12-9-18-7-6-13(12)16/h4-9,15,17H,1-3H3,(H2,16,18). The predicted octanol–water partition coefficient (Wildman–Crippen LogP) is 2.29. The Bertz CT molecular complexity index is 569. The van der Waals surface area contributed by atoms with Gasteiger partial charge in [0.05, 0.1) is 13.2 Å². The summed E-state index contributed by atoms with van der Waals surface area (Å²) in [6.45, 7) is 2.03. The van der Waals surface area contributed by atoms with Gasteiger partial charge in [-0.1, -0.05) is 12.1 Å². The van der Waals surface area contributed by atoms with Gasteiger partial charge in [-0.3, -0.25) is 4.98 Å². The third-order valence-electron chi connectivity index (χ3n) is 3.24. The molecule has 100 valence electrons. The predicted molar refractivity (Wildman–Crippen MR) is 77.3 cm³/mol. The van der Waals surface area contributed by atoms with Crippen molar-refractivity contribution in [2.45, 2.75) is 13.0 Å². The maximum Gasteiger partial charge on any atom is 0.121 e. The number of nitrogens with one attached hydrogen (secondary N) is 1. The van der Waals surface area contributed by atoms with E-state index < -0.39 is 0 Å². The first-order valence-electron chi connectivity index (χ1n) is 6.18. The first-order valence-corrected chi connectivity index (χ1v) is 6.18. The molecule has 0 saturated carbocycles. The van der Waals surface area contributed by atoms with Crippen molar-refractivity contribution in [2.24, 2.45) is 0 Å². The fourth-order valence-electron chi connectivity index (χ4n) is 2.24. The molecule has 2 rings (SSSR count). The van der Waals surface area contributed by atoms with Crippen LogP contribution in [0.25, 0.3) is 0 Å². The highest BCUT2D eigenvalue weighted by Gasteiger charge is 2.15. The fraction of sp³-hybridized carbons (Fsp3) is 0.267.